The number of hydrogen-bond donors (Lipinski definition) is 0. The van der Waals surface area contributed by atoms with E-state index in [1.807, 2.05) is 11.8 Å². The minimum Gasteiger partial charge on any atom is -0.241 e. The van der Waals surface area contributed by atoms with Gasteiger partial charge in [-0.15, -0.1) is 0 Å². The summed E-state index contributed by atoms with van der Waals surface area (Å²) >= 11 is 3.61. The third-order valence-electron chi connectivity index (χ3n) is 5.77. The highest BCUT2D eigenvalue weighted by Crippen LogP contribution is 2.55. The van der Waals surface area contributed by atoms with Gasteiger partial charge < -0.3 is 0 Å². The number of benzene rings is 2. The minimum absolute atomic E-state index is 0.262. The molecule has 2 aromatic carbocycles. The molecule has 1 saturated heterocycles. The Morgan fingerprint density at radius 3 is 2.43 bits per heavy atom. The fourth-order valence-corrected chi connectivity index (χ4v) is 6.08. The monoisotopic (exact) mass is 405 g/mol. The molecule has 0 atom stereocenters. The molecular weight excluding hydrogens is 378 g/mol. The molecule has 2 aromatic rings. The minimum atomic E-state index is 0.262. The number of allylic oxidation sites excluding steroid dienone is 1. The highest BCUT2D eigenvalue weighted by molar-refractivity contribution is 8.17. The smallest absolute Gasteiger partial charge is 0.105 e. The molecule has 1 heterocycles. The number of rotatable bonds is 3. The van der Waals surface area contributed by atoms with Crippen molar-refractivity contribution in [1.82, 2.24) is 0 Å². The fourth-order valence-electron chi connectivity index (χ4n) is 4.07. The quantitative estimate of drug-likeness (QED) is 0.476. The van der Waals surface area contributed by atoms with Crippen molar-refractivity contribution in [3.63, 3.8) is 0 Å². The van der Waals surface area contributed by atoms with E-state index in [4.69, 9.17) is 4.99 Å². The first-order valence-corrected chi connectivity index (χ1v) is 11.8. The summed E-state index contributed by atoms with van der Waals surface area (Å²) in [5, 5.41) is 3.45. The Labute approximate surface area is 177 Å². The van der Waals surface area contributed by atoms with Gasteiger partial charge in [-0.25, -0.2) is 4.99 Å². The van der Waals surface area contributed by atoms with E-state index in [1.54, 1.807) is 11.8 Å². The third kappa shape index (κ3) is 4.47. The predicted molar refractivity (Wildman–Crippen MR) is 126 cm³/mol. The molecule has 0 unspecified atom stereocenters. The van der Waals surface area contributed by atoms with Crippen molar-refractivity contribution in [2.45, 2.75) is 50.3 Å². The first-order chi connectivity index (χ1) is 13.6. The summed E-state index contributed by atoms with van der Waals surface area (Å²) < 4.78 is 0. The Morgan fingerprint density at radius 2 is 1.71 bits per heavy atom. The van der Waals surface area contributed by atoms with Gasteiger partial charge in [-0.1, -0.05) is 85.3 Å². The van der Waals surface area contributed by atoms with Crippen LogP contribution >= 0.6 is 23.5 Å². The third-order valence-corrected chi connectivity index (χ3v) is 7.94. The van der Waals surface area contributed by atoms with Gasteiger partial charge in [0.2, 0.25) is 0 Å². The summed E-state index contributed by atoms with van der Waals surface area (Å²) in [6.45, 7) is 6.61. The van der Waals surface area contributed by atoms with Gasteiger partial charge in [-0.05, 0) is 66.3 Å². The van der Waals surface area contributed by atoms with E-state index in [9.17, 15) is 0 Å². The van der Waals surface area contributed by atoms with E-state index < -0.39 is 0 Å². The molecule has 1 spiro atoms. The molecule has 0 radical (unpaired) electrons. The normalized spacial score (nSPS) is 22.1. The maximum atomic E-state index is 5.02. The number of hydrogen-bond acceptors (Lipinski definition) is 3. The molecule has 2 fully saturated rings. The highest BCUT2D eigenvalue weighted by atomic mass is 32.2. The van der Waals surface area contributed by atoms with Crippen LogP contribution in [0.15, 0.2) is 87.0 Å². The molecule has 3 heteroatoms. The summed E-state index contributed by atoms with van der Waals surface area (Å²) in [6, 6.07) is 19.1. The van der Waals surface area contributed by atoms with Gasteiger partial charge in [0, 0.05) is 10.3 Å². The maximum Gasteiger partial charge on any atom is 0.105 e. The summed E-state index contributed by atoms with van der Waals surface area (Å²) in [4.78, 5) is 7.61. The zero-order chi connectivity index (χ0) is 19.4. The molecule has 144 valence electrons. The molecule has 0 bridgehead atoms. The average molecular weight is 406 g/mol. The second-order valence-corrected chi connectivity index (χ2v) is 9.90. The SMILES string of the molecule is C=C1SC(=N\c2ccc(C)cc2)/C(=C/Sc2ccccc2)CC12CCCCC2. The zero-order valence-corrected chi connectivity index (χ0v) is 18.1. The fraction of sp³-hybridized carbons (Fsp3) is 0.320. The first kappa shape index (κ1) is 19.6. The van der Waals surface area contributed by atoms with Crippen LogP contribution in [-0.2, 0) is 0 Å². The van der Waals surface area contributed by atoms with Gasteiger partial charge in [0.05, 0.1) is 5.69 Å². The van der Waals surface area contributed by atoms with Crippen molar-refractivity contribution in [3.05, 3.63) is 82.6 Å². The van der Waals surface area contributed by atoms with Crippen LogP contribution < -0.4 is 0 Å². The van der Waals surface area contributed by atoms with Crippen LogP contribution in [0.5, 0.6) is 0 Å². The molecule has 0 aromatic heterocycles. The summed E-state index contributed by atoms with van der Waals surface area (Å²) in [5.41, 5.74) is 3.92. The molecule has 0 N–H and O–H groups in total. The lowest BCUT2D eigenvalue weighted by Gasteiger charge is -2.43. The van der Waals surface area contributed by atoms with E-state index in [-0.39, 0.29) is 5.41 Å². The van der Waals surface area contributed by atoms with Gasteiger partial charge in [-0.3, -0.25) is 0 Å². The Bertz CT molecular complexity index is 888. The molecule has 28 heavy (non-hydrogen) atoms. The molecule has 1 nitrogen and oxygen atoms in total. The summed E-state index contributed by atoms with van der Waals surface area (Å²) in [6.07, 6.45) is 7.62. The van der Waals surface area contributed by atoms with Crippen LogP contribution in [0.1, 0.15) is 44.1 Å². The average Bonchev–Trinajstić information content (AvgIpc) is 2.73. The summed E-state index contributed by atoms with van der Waals surface area (Å²) in [5.74, 6) is 0. The van der Waals surface area contributed by atoms with E-state index in [0.29, 0.717) is 0 Å². The summed E-state index contributed by atoms with van der Waals surface area (Å²) in [7, 11) is 0. The lowest BCUT2D eigenvalue weighted by atomic mass is 9.70. The van der Waals surface area contributed by atoms with Crippen LogP contribution in [0.25, 0.3) is 0 Å². The molecular formula is C25H27NS2. The van der Waals surface area contributed by atoms with E-state index in [2.05, 4.69) is 73.5 Å². The first-order valence-electron chi connectivity index (χ1n) is 10.1. The molecule has 1 saturated carbocycles. The Hall–Kier alpha value is -1.71. The second kappa shape index (κ2) is 8.75. The molecule has 0 amide bonds. The predicted octanol–water partition coefficient (Wildman–Crippen LogP) is 8.30. The Morgan fingerprint density at radius 1 is 1.00 bits per heavy atom. The Kier molecular flexibility index (Phi) is 6.13. The molecule has 4 rings (SSSR count). The van der Waals surface area contributed by atoms with Crippen LogP contribution in [-0.4, -0.2) is 5.04 Å². The van der Waals surface area contributed by atoms with Gasteiger partial charge in [-0.2, -0.15) is 0 Å². The van der Waals surface area contributed by atoms with Gasteiger partial charge in [0.15, 0.2) is 0 Å². The van der Waals surface area contributed by atoms with E-state index >= 15 is 0 Å². The van der Waals surface area contributed by atoms with Crippen molar-refractivity contribution in [1.29, 1.82) is 0 Å². The number of aryl methyl sites for hydroxylation is 1. The second-order valence-electron chi connectivity index (χ2n) is 7.87. The van der Waals surface area contributed by atoms with Crippen LogP contribution in [0.3, 0.4) is 0 Å². The maximum absolute atomic E-state index is 5.02. The van der Waals surface area contributed by atoms with Crippen molar-refractivity contribution in [2.75, 3.05) is 0 Å². The van der Waals surface area contributed by atoms with Gasteiger partial charge in [0.25, 0.3) is 0 Å². The number of thioether (sulfide) groups is 2. The Balaban J connectivity index is 1.66. The zero-order valence-electron chi connectivity index (χ0n) is 16.5. The van der Waals surface area contributed by atoms with E-state index in [0.717, 1.165) is 17.2 Å². The topological polar surface area (TPSA) is 12.4 Å². The molecule has 1 aliphatic carbocycles. The molecule has 2 aliphatic rings. The van der Waals surface area contributed by atoms with Crippen LogP contribution in [0.2, 0.25) is 0 Å². The lowest BCUT2D eigenvalue weighted by Crippen LogP contribution is -2.30. The number of aliphatic imine (C=N–C) groups is 1. The lowest BCUT2D eigenvalue weighted by molar-refractivity contribution is 0.252. The highest BCUT2D eigenvalue weighted by Gasteiger charge is 2.41. The van der Waals surface area contributed by atoms with Crippen molar-refractivity contribution >= 4 is 34.3 Å². The molecule has 1 aliphatic heterocycles. The van der Waals surface area contributed by atoms with Crippen LogP contribution in [0.4, 0.5) is 5.69 Å². The standard InChI is InChI=1S/C25H27NS2/c1-19-11-13-22(14-12-19)26-24-21(18-27-23-9-5-3-6-10-23)17-25(20(2)28-24)15-7-4-8-16-25/h3,5-6,9-14,18H,2,4,7-8,15-17H2,1H3/b21-18+,26-24-. The van der Waals surface area contributed by atoms with Crippen molar-refractivity contribution in [2.24, 2.45) is 10.4 Å². The largest absolute Gasteiger partial charge is 0.241 e. The van der Waals surface area contributed by atoms with Gasteiger partial charge in [0.1, 0.15) is 5.04 Å². The van der Waals surface area contributed by atoms with Crippen LogP contribution in [0, 0.1) is 12.3 Å². The van der Waals surface area contributed by atoms with E-state index in [1.165, 1.54) is 53.0 Å². The van der Waals surface area contributed by atoms with Gasteiger partial charge >= 0.3 is 0 Å². The van der Waals surface area contributed by atoms with Crippen molar-refractivity contribution in [3.8, 4) is 0 Å². The van der Waals surface area contributed by atoms with Crippen molar-refractivity contribution < 1.29 is 0 Å². The number of nitrogens with zero attached hydrogens (tertiary/aromatic N) is 1.